The molecule has 0 radical (unpaired) electrons. The van der Waals surface area contributed by atoms with Crippen molar-refractivity contribution < 1.29 is 9.21 Å². The highest BCUT2D eigenvalue weighted by atomic mass is 35.5. The van der Waals surface area contributed by atoms with Crippen LogP contribution in [0.3, 0.4) is 0 Å². The first-order valence-corrected chi connectivity index (χ1v) is 5.57. The van der Waals surface area contributed by atoms with Crippen LogP contribution in [0, 0.1) is 0 Å². The van der Waals surface area contributed by atoms with E-state index in [-0.39, 0.29) is 11.3 Å². The number of Topliss-reactive ketones (excluding diaryl/α,β-unsaturated/α-hetero) is 1. The van der Waals surface area contributed by atoms with E-state index in [1.165, 1.54) is 13.0 Å². The van der Waals surface area contributed by atoms with Gasteiger partial charge in [-0.15, -0.1) is 0 Å². The molecule has 0 atom stereocenters. The number of benzene rings is 1. The second kappa shape index (κ2) is 4.66. The van der Waals surface area contributed by atoms with Gasteiger partial charge in [-0.2, -0.15) is 0 Å². The molecule has 0 amide bonds. The van der Waals surface area contributed by atoms with Crippen molar-refractivity contribution in [2.75, 3.05) is 5.73 Å². The zero-order valence-corrected chi connectivity index (χ0v) is 10.3. The lowest BCUT2D eigenvalue weighted by atomic mass is 10.1. The molecule has 0 aliphatic heterocycles. The molecule has 92 valence electrons. The van der Waals surface area contributed by atoms with E-state index in [0.717, 1.165) is 0 Å². The fourth-order valence-corrected chi connectivity index (χ4v) is 1.74. The molecular weight excluding hydrogens is 254 g/mol. The number of carbonyl (C=O) groups excluding carboxylic acids is 1. The predicted octanol–water partition coefficient (Wildman–Crippen LogP) is 2.75. The Bertz CT molecular complexity index is 659. The first-order valence-electron chi connectivity index (χ1n) is 5.19. The van der Waals surface area contributed by atoms with Gasteiger partial charge in [-0.05, 0) is 31.2 Å². The SMILES string of the molecule is CC(=O)c1c(N)cc(-c2ccc(Cl)cc2)oc1=O. The van der Waals surface area contributed by atoms with Gasteiger partial charge in [0.2, 0.25) is 0 Å². The molecule has 1 aromatic heterocycles. The van der Waals surface area contributed by atoms with Crippen LogP contribution < -0.4 is 11.4 Å². The summed E-state index contributed by atoms with van der Waals surface area (Å²) in [5.74, 6) is -0.108. The molecule has 5 heteroatoms. The molecule has 1 heterocycles. The molecule has 2 N–H and O–H groups in total. The number of hydrogen-bond donors (Lipinski definition) is 1. The molecule has 0 aliphatic rings. The zero-order chi connectivity index (χ0) is 13.3. The normalized spacial score (nSPS) is 10.3. The van der Waals surface area contributed by atoms with Crippen LogP contribution in [0.15, 0.2) is 39.5 Å². The van der Waals surface area contributed by atoms with Gasteiger partial charge in [0.15, 0.2) is 5.78 Å². The van der Waals surface area contributed by atoms with Crippen LogP contribution in [0.1, 0.15) is 17.3 Å². The van der Waals surface area contributed by atoms with E-state index in [2.05, 4.69) is 0 Å². The third-order valence-corrected chi connectivity index (χ3v) is 2.71. The predicted molar refractivity (Wildman–Crippen MR) is 69.8 cm³/mol. The fourth-order valence-electron chi connectivity index (χ4n) is 1.62. The molecular formula is C13H10ClNO3. The van der Waals surface area contributed by atoms with Crippen LogP contribution in [0.4, 0.5) is 5.69 Å². The van der Waals surface area contributed by atoms with Gasteiger partial charge in [0.05, 0.1) is 5.69 Å². The van der Waals surface area contributed by atoms with Crippen LogP contribution in [-0.2, 0) is 0 Å². The van der Waals surface area contributed by atoms with Crippen molar-refractivity contribution in [2.45, 2.75) is 6.92 Å². The van der Waals surface area contributed by atoms with Gasteiger partial charge in [0, 0.05) is 16.7 Å². The molecule has 0 spiro atoms. The first-order chi connectivity index (χ1) is 8.49. The van der Waals surface area contributed by atoms with E-state index in [1.807, 2.05) is 0 Å². The monoisotopic (exact) mass is 263 g/mol. The van der Waals surface area contributed by atoms with E-state index in [1.54, 1.807) is 24.3 Å². The fraction of sp³-hybridized carbons (Fsp3) is 0.0769. The number of anilines is 1. The van der Waals surface area contributed by atoms with Gasteiger partial charge in [-0.1, -0.05) is 11.6 Å². The summed E-state index contributed by atoms with van der Waals surface area (Å²) in [7, 11) is 0. The summed E-state index contributed by atoms with van der Waals surface area (Å²) in [4.78, 5) is 22.9. The Morgan fingerprint density at radius 3 is 2.39 bits per heavy atom. The third kappa shape index (κ3) is 2.28. The number of rotatable bonds is 2. The van der Waals surface area contributed by atoms with Gasteiger partial charge in [0.1, 0.15) is 11.3 Å². The number of halogens is 1. The Morgan fingerprint density at radius 2 is 1.89 bits per heavy atom. The zero-order valence-electron chi connectivity index (χ0n) is 9.57. The lowest BCUT2D eigenvalue weighted by Crippen LogP contribution is -2.15. The van der Waals surface area contributed by atoms with Gasteiger partial charge >= 0.3 is 5.63 Å². The number of carbonyl (C=O) groups is 1. The first kappa shape index (κ1) is 12.4. The van der Waals surface area contributed by atoms with Gasteiger partial charge in [-0.25, -0.2) is 4.79 Å². The third-order valence-electron chi connectivity index (χ3n) is 2.46. The maximum atomic E-state index is 11.6. The summed E-state index contributed by atoms with van der Waals surface area (Å²) in [5, 5.41) is 0.578. The molecule has 0 bridgehead atoms. The van der Waals surface area contributed by atoms with E-state index in [9.17, 15) is 9.59 Å². The molecule has 2 rings (SSSR count). The number of nitrogens with two attached hydrogens (primary N) is 1. The molecule has 0 unspecified atom stereocenters. The van der Waals surface area contributed by atoms with Crippen molar-refractivity contribution >= 4 is 23.1 Å². The second-order valence-corrected chi connectivity index (χ2v) is 4.23. The summed E-state index contributed by atoms with van der Waals surface area (Å²) in [6.07, 6.45) is 0. The molecule has 0 saturated carbocycles. The van der Waals surface area contributed by atoms with Gasteiger partial charge in [-0.3, -0.25) is 4.79 Å². The molecule has 2 aromatic rings. The second-order valence-electron chi connectivity index (χ2n) is 3.79. The minimum Gasteiger partial charge on any atom is -0.422 e. The number of nitrogen functional groups attached to an aromatic ring is 1. The van der Waals surface area contributed by atoms with E-state index in [4.69, 9.17) is 21.8 Å². The Morgan fingerprint density at radius 1 is 1.28 bits per heavy atom. The average Bonchev–Trinajstić information content (AvgIpc) is 2.28. The Hall–Kier alpha value is -2.07. The smallest absolute Gasteiger partial charge is 0.349 e. The molecule has 0 fully saturated rings. The molecule has 4 nitrogen and oxygen atoms in total. The highest BCUT2D eigenvalue weighted by Gasteiger charge is 2.14. The quantitative estimate of drug-likeness (QED) is 0.846. The summed E-state index contributed by atoms with van der Waals surface area (Å²) in [5.41, 5.74) is 5.62. The Kier molecular flexibility index (Phi) is 3.21. The van der Waals surface area contributed by atoms with Crippen molar-refractivity contribution in [2.24, 2.45) is 0 Å². The van der Waals surface area contributed by atoms with E-state index >= 15 is 0 Å². The van der Waals surface area contributed by atoms with Crippen LogP contribution >= 0.6 is 11.6 Å². The van der Waals surface area contributed by atoms with Crippen molar-refractivity contribution in [1.29, 1.82) is 0 Å². The minimum atomic E-state index is -0.729. The van der Waals surface area contributed by atoms with Crippen molar-refractivity contribution in [3.05, 3.63) is 51.3 Å². The van der Waals surface area contributed by atoms with Crippen molar-refractivity contribution in [3.63, 3.8) is 0 Å². The maximum absolute atomic E-state index is 11.6. The summed E-state index contributed by atoms with van der Waals surface area (Å²) < 4.78 is 5.08. The molecule has 0 aliphatic carbocycles. The summed E-state index contributed by atoms with van der Waals surface area (Å²) in [6, 6.07) is 8.21. The van der Waals surface area contributed by atoms with E-state index in [0.29, 0.717) is 16.3 Å². The summed E-state index contributed by atoms with van der Waals surface area (Å²) >= 11 is 5.77. The van der Waals surface area contributed by atoms with Gasteiger partial charge < -0.3 is 10.2 Å². The molecule has 0 saturated heterocycles. The highest BCUT2D eigenvalue weighted by Crippen LogP contribution is 2.23. The standard InChI is InChI=1S/C13H10ClNO3/c1-7(16)12-10(15)6-11(18-13(12)17)8-2-4-9(14)5-3-8/h2-6H,15H2,1H3. The van der Waals surface area contributed by atoms with E-state index < -0.39 is 11.4 Å². The topological polar surface area (TPSA) is 73.3 Å². The van der Waals surface area contributed by atoms with Crippen molar-refractivity contribution in [1.82, 2.24) is 0 Å². The average molecular weight is 264 g/mol. The number of ketones is 1. The molecule has 1 aromatic carbocycles. The molecule has 18 heavy (non-hydrogen) atoms. The Balaban J connectivity index is 2.58. The Labute approximate surface area is 108 Å². The number of hydrogen-bond acceptors (Lipinski definition) is 4. The van der Waals surface area contributed by atoms with Gasteiger partial charge in [0.25, 0.3) is 0 Å². The maximum Gasteiger partial charge on any atom is 0.349 e. The van der Waals surface area contributed by atoms with Crippen LogP contribution in [0.25, 0.3) is 11.3 Å². The minimum absolute atomic E-state index is 0.115. The lowest BCUT2D eigenvalue weighted by Gasteiger charge is -2.04. The largest absolute Gasteiger partial charge is 0.422 e. The lowest BCUT2D eigenvalue weighted by molar-refractivity contribution is 0.101. The van der Waals surface area contributed by atoms with Crippen LogP contribution in [0.5, 0.6) is 0 Å². The summed E-state index contributed by atoms with van der Waals surface area (Å²) in [6.45, 7) is 1.27. The van der Waals surface area contributed by atoms with Crippen LogP contribution in [-0.4, -0.2) is 5.78 Å². The van der Waals surface area contributed by atoms with Crippen LogP contribution in [0.2, 0.25) is 5.02 Å². The van der Waals surface area contributed by atoms with Crippen molar-refractivity contribution in [3.8, 4) is 11.3 Å². The highest BCUT2D eigenvalue weighted by molar-refractivity contribution is 6.30.